The first-order valence-electron chi connectivity index (χ1n) is 7.14. The molecule has 0 bridgehead atoms. The lowest BCUT2D eigenvalue weighted by molar-refractivity contribution is -0.126. The lowest BCUT2D eigenvalue weighted by atomic mass is 10.0. The third kappa shape index (κ3) is 3.43. The van der Waals surface area contributed by atoms with Crippen molar-refractivity contribution in [3.05, 3.63) is 29.8 Å². The zero-order valence-electron chi connectivity index (χ0n) is 12.4. The van der Waals surface area contributed by atoms with Gasteiger partial charge in [0.05, 0.1) is 12.5 Å². The number of hydrogen-bond acceptors (Lipinski definition) is 2. The third-order valence-corrected chi connectivity index (χ3v) is 3.71. The van der Waals surface area contributed by atoms with Gasteiger partial charge in [0.2, 0.25) is 11.8 Å². The van der Waals surface area contributed by atoms with E-state index in [4.69, 9.17) is 6.42 Å². The molecule has 0 saturated carbocycles. The lowest BCUT2D eigenvalue weighted by Crippen LogP contribution is -2.33. The van der Waals surface area contributed by atoms with E-state index in [0.29, 0.717) is 12.5 Å². The Bertz CT molecular complexity index is 587. The molecular weight excluding hydrogens is 264 g/mol. The smallest absolute Gasteiger partial charge is 0.227 e. The summed E-state index contributed by atoms with van der Waals surface area (Å²) in [7, 11) is 0. The summed E-state index contributed by atoms with van der Waals surface area (Å²) in [5.41, 5.74) is 2.04. The number of terminal acetylenes is 1. The maximum Gasteiger partial charge on any atom is 0.227 e. The minimum Gasteiger partial charge on any atom is -0.345 e. The minimum absolute atomic E-state index is 0.0169. The van der Waals surface area contributed by atoms with Crippen LogP contribution in [0.25, 0.3) is 0 Å². The quantitative estimate of drug-likeness (QED) is 0.859. The van der Waals surface area contributed by atoms with Crippen molar-refractivity contribution in [1.29, 1.82) is 0 Å². The predicted octanol–water partition coefficient (Wildman–Crippen LogP) is 1.91. The molecule has 2 rings (SSSR count). The predicted molar refractivity (Wildman–Crippen MR) is 82.8 cm³/mol. The average molecular weight is 284 g/mol. The highest BCUT2D eigenvalue weighted by Gasteiger charge is 2.34. The summed E-state index contributed by atoms with van der Waals surface area (Å²) in [4.78, 5) is 25.8. The molecular formula is C17H20N2O2. The van der Waals surface area contributed by atoms with Crippen LogP contribution in [0.15, 0.2) is 24.3 Å². The number of amides is 2. The number of anilines is 1. The third-order valence-electron chi connectivity index (χ3n) is 3.71. The Balaban J connectivity index is 2.11. The second-order valence-electron chi connectivity index (χ2n) is 5.58. The van der Waals surface area contributed by atoms with Gasteiger partial charge in [-0.15, -0.1) is 6.42 Å². The standard InChI is InChI=1S/C17H20N2O2/c1-4-8-18-17(21)14-10-16(20)19(11-14)15-7-5-6-13(9-15)12(2)3/h1,5-7,9,12,14H,8,10-11H2,2-3H3,(H,18,21)/t14-/m1/s1. The number of rotatable bonds is 4. The van der Waals surface area contributed by atoms with Crippen molar-refractivity contribution in [2.24, 2.45) is 5.92 Å². The highest BCUT2D eigenvalue weighted by Crippen LogP contribution is 2.27. The summed E-state index contributed by atoms with van der Waals surface area (Å²) in [6, 6.07) is 7.92. The maximum atomic E-state index is 12.2. The minimum atomic E-state index is -0.325. The number of nitrogens with zero attached hydrogens (tertiary/aromatic N) is 1. The fraction of sp³-hybridized carbons (Fsp3) is 0.412. The maximum absolute atomic E-state index is 12.2. The van der Waals surface area contributed by atoms with Gasteiger partial charge < -0.3 is 10.2 Å². The molecule has 1 fully saturated rings. The highest BCUT2D eigenvalue weighted by atomic mass is 16.2. The molecule has 1 aromatic rings. The summed E-state index contributed by atoms with van der Waals surface area (Å²) >= 11 is 0. The van der Waals surface area contributed by atoms with Crippen LogP contribution in [0, 0.1) is 18.3 Å². The largest absolute Gasteiger partial charge is 0.345 e. The first-order valence-corrected chi connectivity index (χ1v) is 7.14. The van der Waals surface area contributed by atoms with Gasteiger partial charge in [-0.25, -0.2) is 0 Å². The van der Waals surface area contributed by atoms with Crippen LogP contribution in [0.4, 0.5) is 5.69 Å². The zero-order valence-corrected chi connectivity index (χ0v) is 12.4. The number of hydrogen-bond donors (Lipinski definition) is 1. The average Bonchev–Trinajstić information content (AvgIpc) is 2.87. The SMILES string of the molecule is C#CCNC(=O)[C@@H]1CC(=O)N(c2cccc(C(C)C)c2)C1. The number of benzene rings is 1. The molecule has 0 aliphatic carbocycles. The van der Waals surface area contributed by atoms with Crippen LogP contribution in [-0.4, -0.2) is 24.9 Å². The van der Waals surface area contributed by atoms with Crippen molar-refractivity contribution >= 4 is 17.5 Å². The van der Waals surface area contributed by atoms with Gasteiger partial charge in [-0.1, -0.05) is 31.9 Å². The Morgan fingerprint density at radius 2 is 2.29 bits per heavy atom. The van der Waals surface area contributed by atoms with Crippen molar-refractivity contribution in [3.8, 4) is 12.3 Å². The molecule has 0 radical (unpaired) electrons. The van der Waals surface area contributed by atoms with E-state index in [2.05, 4.69) is 25.1 Å². The Morgan fingerprint density at radius 1 is 1.52 bits per heavy atom. The van der Waals surface area contributed by atoms with Crippen LogP contribution in [-0.2, 0) is 9.59 Å². The summed E-state index contributed by atoms with van der Waals surface area (Å²) in [6.45, 7) is 4.84. The van der Waals surface area contributed by atoms with E-state index in [-0.39, 0.29) is 30.7 Å². The Kier molecular flexibility index (Phi) is 4.64. The molecule has 0 aromatic heterocycles. The molecule has 1 aromatic carbocycles. The molecule has 0 spiro atoms. The van der Waals surface area contributed by atoms with E-state index < -0.39 is 0 Å². The Hall–Kier alpha value is -2.28. The fourth-order valence-corrected chi connectivity index (χ4v) is 2.47. The topological polar surface area (TPSA) is 49.4 Å². The van der Waals surface area contributed by atoms with Crippen molar-refractivity contribution in [2.75, 3.05) is 18.0 Å². The van der Waals surface area contributed by atoms with Crippen molar-refractivity contribution in [2.45, 2.75) is 26.2 Å². The highest BCUT2D eigenvalue weighted by molar-refractivity contribution is 6.00. The van der Waals surface area contributed by atoms with E-state index >= 15 is 0 Å². The molecule has 1 saturated heterocycles. The van der Waals surface area contributed by atoms with E-state index in [1.165, 1.54) is 5.56 Å². The molecule has 21 heavy (non-hydrogen) atoms. The van der Waals surface area contributed by atoms with Gasteiger partial charge in [0.25, 0.3) is 0 Å². The number of carbonyl (C=O) groups is 2. The molecule has 4 nitrogen and oxygen atoms in total. The van der Waals surface area contributed by atoms with E-state index in [0.717, 1.165) is 5.69 Å². The van der Waals surface area contributed by atoms with Gasteiger partial charge in [0.15, 0.2) is 0 Å². The van der Waals surface area contributed by atoms with Crippen LogP contribution in [0.1, 0.15) is 31.7 Å². The summed E-state index contributed by atoms with van der Waals surface area (Å²) in [5, 5.41) is 2.64. The second kappa shape index (κ2) is 6.45. The fourth-order valence-electron chi connectivity index (χ4n) is 2.47. The van der Waals surface area contributed by atoms with Crippen LogP contribution < -0.4 is 10.2 Å². The van der Waals surface area contributed by atoms with Crippen molar-refractivity contribution < 1.29 is 9.59 Å². The molecule has 1 aliphatic rings. The lowest BCUT2D eigenvalue weighted by Gasteiger charge is -2.18. The molecule has 2 amide bonds. The zero-order chi connectivity index (χ0) is 15.4. The molecule has 1 aliphatic heterocycles. The summed E-state index contributed by atoms with van der Waals surface area (Å²) < 4.78 is 0. The number of carbonyl (C=O) groups excluding carboxylic acids is 2. The van der Waals surface area contributed by atoms with Gasteiger partial charge in [-0.3, -0.25) is 9.59 Å². The molecule has 1 atom stereocenters. The van der Waals surface area contributed by atoms with Crippen LogP contribution >= 0.6 is 0 Å². The van der Waals surface area contributed by atoms with Gasteiger partial charge in [-0.05, 0) is 23.6 Å². The Morgan fingerprint density at radius 3 is 2.95 bits per heavy atom. The van der Waals surface area contributed by atoms with Crippen LogP contribution in [0.3, 0.4) is 0 Å². The van der Waals surface area contributed by atoms with Crippen LogP contribution in [0.2, 0.25) is 0 Å². The molecule has 1 heterocycles. The van der Waals surface area contributed by atoms with E-state index in [1.54, 1.807) is 4.90 Å². The summed E-state index contributed by atoms with van der Waals surface area (Å²) in [6.07, 6.45) is 5.36. The van der Waals surface area contributed by atoms with Crippen molar-refractivity contribution in [1.82, 2.24) is 5.32 Å². The first kappa shape index (κ1) is 15.1. The van der Waals surface area contributed by atoms with Gasteiger partial charge in [-0.2, -0.15) is 0 Å². The van der Waals surface area contributed by atoms with Crippen LogP contribution in [0.5, 0.6) is 0 Å². The molecule has 4 heteroatoms. The van der Waals surface area contributed by atoms with Gasteiger partial charge >= 0.3 is 0 Å². The molecule has 1 N–H and O–H groups in total. The van der Waals surface area contributed by atoms with Gasteiger partial charge in [0.1, 0.15) is 0 Å². The van der Waals surface area contributed by atoms with E-state index in [9.17, 15) is 9.59 Å². The second-order valence-corrected chi connectivity index (χ2v) is 5.58. The van der Waals surface area contributed by atoms with Gasteiger partial charge in [0, 0.05) is 18.7 Å². The normalized spacial score (nSPS) is 17.9. The monoisotopic (exact) mass is 284 g/mol. The molecule has 0 unspecified atom stereocenters. The summed E-state index contributed by atoms with van der Waals surface area (Å²) in [5.74, 6) is 2.27. The Labute approximate surface area is 125 Å². The molecule has 110 valence electrons. The first-order chi connectivity index (χ1) is 10.0. The number of nitrogens with one attached hydrogen (secondary N) is 1. The van der Waals surface area contributed by atoms with Crippen molar-refractivity contribution in [3.63, 3.8) is 0 Å². The van der Waals surface area contributed by atoms with E-state index in [1.807, 2.05) is 24.3 Å².